The predicted molar refractivity (Wildman–Crippen MR) is 117 cm³/mol. The van der Waals surface area contributed by atoms with Crippen molar-refractivity contribution in [2.75, 3.05) is 12.4 Å². The number of aliphatic hydroxyl groups excluding tert-OH is 2. The number of carbonyl (C=O) groups is 1. The van der Waals surface area contributed by atoms with E-state index < -0.39 is 30.4 Å². The van der Waals surface area contributed by atoms with Gasteiger partial charge in [0, 0.05) is 17.2 Å². The molecule has 1 amide bonds. The first-order valence-electron chi connectivity index (χ1n) is 9.00. The average Bonchev–Trinajstić information content (AvgIpc) is 3.27. The fourth-order valence-corrected chi connectivity index (χ4v) is 4.05. The maximum Gasteiger partial charge on any atom is 0.251 e. The molecule has 12 heteroatoms. The number of likely N-dealkylation sites (N-methyl/N-ethyl adjacent to an activating group) is 1. The summed E-state index contributed by atoms with van der Waals surface area (Å²) in [5.74, 6) is -0.125. The molecular formula is C18H18ClIN6O4. The largest absolute Gasteiger partial charge is 0.387 e. The first-order chi connectivity index (χ1) is 14.4. The Kier molecular flexibility index (Phi) is 6.06. The zero-order chi connectivity index (χ0) is 21.4. The summed E-state index contributed by atoms with van der Waals surface area (Å²) < 4.78 is 8.14. The Bertz CT molecular complexity index is 1100. The fourth-order valence-electron chi connectivity index (χ4n) is 3.28. The van der Waals surface area contributed by atoms with Crippen LogP contribution in [0, 0.1) is 3.57 Å². The molecule has 4 N–H and O–H groups in total. The SMILES string of the molecule is CNC(=O)[C@H]1O[C@@H](n2cnc3c(NCc4cccc(I)c4)nc(Cl)nc32)[C@@H](O)C1O. The van der Waals surface area contributed by atoms with Crippen LogP contribution >= 0.6 is 34.2 Å². The fraction of sp³-hybridized carbons (Fsp3) is 0.333. The number of aliphatic hydroxyl groups is 2. The van der Waals surface area contributed by atoms with Crippen LogP contribution in [0.3, 0.4) is 0 Å². The molecule has 1 fully saturated rings. The summed E-state index contributed by atoms with van der Waals surface area (Å²) in [4.78, 5) is 24.7. The molecule has 1 saturated heterocycles. The van der Waals surface area contributed by atoms with E-state index in [9.17, 15) is 15.0 Å². The van der Waals surface area contributed by atoms with Crippen LogP contribution in [-0.4, -0.2) is 61.0 Å². The molecule has 0 bridgehead atoms. The van der Waals surface area contributed by atoms with Gasteiger partial charge in [0.1, 0.15) is 12.2 Å². The van der Waals surface area contributed by atoms with Crippen molar-refractivity contribution < 1.29 is 19.7 Å². The second-order valence-corrected chi connectivity index (χ2v) is 8.28. The van der Waals surface area contributed by atoms with E-state index in [1.165, 1.54) is 17.9 Å². The number of amides is 1. The quantitative estimate of drug-likeness (QED) is 0.277. The van der Waals surface area contributed by atoms with Gasteiger partial charge in [-0.25, -0.2) is 4.98 Å². The second-order valence-electron chi connectivity index (χ2n) is 6.69. The number of imidazole rings is 1. The van der Waals surface area contributed by atoms with Crippen molar-refractivity contribution in [2.24, 2.45) is 0 Å². The third-order valence-corrected chi connectivity index (χ3v) is 5.60. The molecule has 10 nitrogen and oxygen atoms in total. The topological polar surface area (TPSA) is 134 Å². The van der Waals surface area contributed by atoms with E-state index in [4.69, 9.17) is 16.3 Å². The number of nitrogens with zero attached hydrogens (tertiary/aromatic N) is 4. The van der Waals surface area contributed by atoms with Crippen molar-refractivity contribution >= 4 is 57.1 Å². The van der Waals surface area contributed by atoms with Crippen LogP contribution in [0.2, 0.25) is 5.28 Å². The molecule has 1 aromatic carbocycles. The van der Waals surface area contributed by atoms with E-state index in [-0.39, 0.29) is 5.28 Å². The minimum absolute atomic E-state index is 0.0229. The van der Waals surface area contributed by atoms with Crippen molar-refractivity contribution in [3.05, 3.63) is 45.0 Å². The Hall–Kier alpha value is -2.06. The molecule has 0 spiro atoms. The lowest BCUT2D eigenvalue weighted by Gasteiger charge is -2.16. The highest BCUT2D eigenvalue weighted by Gasteiger charge is 2.47. The molecule has 4 rings (SSSR count). The number of hydrogen-bond donors (Lipinski definition) is 4. The monoisotopic (exact) mass is 544 g/mol. The van der Waals surface area contributed by atoms with Gasteiger partial charge in [-0.3, -0.25) is 9.36 Å². The molecular weight excluding hydrogens is 527 g/mol. The highest BCUT2D eigenvalue weighted by molar-refractivity contribution is 14.1. The normalized spacial score (nSPS) is 23.6. The van der Waals surface area contributed by atoms with Crippen LogP contribution in [0.15, 0.2) is 30.6 Å². The molecule has 1 aliphatic rings. The number of rotatable bonds is 5. The molecule has 158 valence electrons. The Morgan fingerprint density at radius 2 is 2.13 bits per heavy atom. The standard InChI is InChI=1S/C18H18ClIN6O4/c1-21-16(29)13-11(27)12(28)17(30-13)26-7-23-10-14(24-18(19)25-15(10)26)22-6-8-3-2-4-9(20)5-8/h2-5,7,11-13,17,27-28H,6H2,1H3,(H,21,29)(H,22,24,25)/t11?,12-,13-,17+/m0/s1. The number of hydrogen-bond acceptors (Lipinski definition) is 8. The highest BCUT2D eigenvalue weighted by atomic mass is 127. The Balaban J connectivity index is 1.64. The van der Waals surface area contributed by atoms with E-state index in [1.807, 2.05) is 24.3 Å². The van der Waals surface area contributed by atoms with Gasteiger partial charge in [-0.05, 0) is 51.9 Å². The molecule has 0 radical (unpaired) electrons. The Morgan fingerprint density at radius 1 is 1.33 bits per heavy atom. The van der Waals surface area contributed by atoms with Gasteiger partial charge in [0.15, 0.2) is 29.3 Å². The maximum absolute atomic E-state index is 11.9. The first-order valence-corrected chi connectivity index (χ1v) is 10.5. The summed E-state index contributed by atoms with van der Waals surface area (Å²) >= 11 is 8.35. The van der Waals surface area contributed by atoms with Gasteiger partial charge in [0.05, 0.1) is 6.33 Å². The lowest BCUT2D eigenvalue weighted by atomic mass is 10.1. The van der Waals surface area contributed by atoms with Gasteiger partial charge in [0.2, 0.25) is 5.28 Å². The van der Waals surface area contributed by atoms with Crippen LogP contribution in [0.1, 0.15) is 11.8 Å². The van der Waals surface area contributed by atoms with E-state index in [1.54, 1.807) is 0 Å². The van der Waals surface area contributed by atoms with E-state index >= 15 is 0 Å². The minimum atomic E-state index is -1.40. The van der Waals surface area contributed by atoms with E-state index in [2.05, 4.69) is 48.2 Å². The van der Waals surface area contributed by atoms with Gasteiger partial charge < -0.3 is 25.6 Å². The number of carbonyl (C=O) groups excluding carboxylic acids is 1. The smallest absolute Gasteiger partial charge is 0.251 e. The van der Waals surface area contributed by atoms with Gasteiger partial charge in [-0.1, -0.05) is 12.1 Å². The lowest BCUT2D eigenvalue weighted by Crippen LogP contribution is -2.41. The van der Waals surface area contributed by atoms with Crippen molar-refractivity contribution in [1.29, 1.82) is 0 Å². The zero-order valence-corrected chi connectivity index (χ0v) is 18.6. The van der Waals surface area contributed by atoms with Crippen molar-refractivity contribution in [2.45, 2.75) is 31.1 Å². The van der Waals surface area contributed by atoms with E-state index in [0.29, 0.717) is 23.5 Å². The van der Waals surface area contributed by atoms with Crippen molar-refractivity contribution in [1.82, 2.24) is 24.8 Å². The van der Waals surface area contributed by atoms with Crippen molar-refractivity contribution in [3.8, 4) is 0 Å². The van der Waals surface area contributed by atoms with Crippen LogP contribution in [-0.2, 0) is 16.1 Å². The Labute approximate surface area is 189 Å². The minimum Gasteiger partial charge on any atom is -0.387 e. The molecule has 1 unspecified atom stereocenters. The number of ether oxygens (including phenoxy) is 1. The number of benzene rings is 1. The Morgan fingerprint density at radius 3 is 2.87 bits per heavy atom. The van der Waals surface area contributed by atoms with E-state index in [0.717, 1.165) is 9.13 Å². The highest BCUT2D eigenvalue weighted by Crippen LogP contribution is 2.33. The number of halogens is 2. The molecule has 30 heavy (non-hydrogen) atoms. The summed E-state index contributed by atoms with van der Waals surface area (Å²) in [6, 6.07) is 7.98. The first kappa shape index (κ1) is 21.2. The van der Waals surface area contributed by atoms with Gasteiger partial charge >= 0.3 is 0 Å². The average molecular weight is 545 g/mol. The van der Waals surface area contributed by atoms with Crippen LogP contribution in [0.4, 0.5) is 5.82 Å². The number of nitrogens with one attached hydrogen (secondary N) is 2. The summed E-state index contributed by atoms with van der Waals surface area (Å²) in [5, 5.41) is 26.2. The van der Waals surface area contributed by atoms with Gasteiger partial charge in [0.25, 0.3) is 5.91 Å². The summed E-state index contributed by atoms with van der Waals surface area (Å²) in [6.45, 7) is 0.492. The molecule has 3 heterocycles. The maximum atomic E-state index is 11.9. The lowest BCUT2D eigenvalue weighted by molar-refractivity contribution is -0.137. The number of fused-ring (bicyclic) bond motifs is 1. The van der Waals surface area contributed by atoms with Crippen LogP contribution < -0.4 is 10.6 Å². The molecule has 2 aromatic heterocycles. The third-order valence-electron chi connectivity index (χ3n) is 4.76. The van der Waals surface area contributed by atoms with Gasteiger partial charge in [-0.2, -0.15) is 9.97 Å². The molecule has 1 aliphatic heterocycles. The molecule has 3 aromatic rings. The molecule has 4 atom stereocenters. The number of aromatic nitrogens is 4. The van der Waals surface area contributed by atoms with Crippen LogP contribution in [0.25, 0.3) is 11.2 Å². The number of anilines is 1. The van der Waals surface area contributed by atoms with Crippen molar-refractivity contribution in [3.63, 3.8) is 0 Å². The summed E-state index contributed by atoms with van der Waals surface area (Å²) in [5.41, 5.74) is 1.77. The summed E-state index contributed by atoms with van der Waals surface area (Å²) in [7, 11) is 1.42. The van der Waals surface area contributed by atoms with Crippen LogP contribution in [0.5, 0.6) is 0 Å². The third kappa shape index (κ3) is 3.95. The molecule has 0 saturated carbocycles. The second kappa shape index (κ2) is 8.59. The predicted octanol–water partition coefficient (Wildman–Crippen LogP) is 1.06. The molecule has 0 aliphatic carbocycles. The van der Waals surface area contributed by atoms with Gasteiger partial charge in [-0.15, -0.1) is 0 Å². The summed E-state index contributed by atoms with van der Waals surface area (Å²) in [6.07, 6.45) is -3.65. The zero-order valence-electron chi connectivity index (χ0n) is 15.7.